The Balaban J connectivity index is 0.982. The third kappa shape index (κ3) is 5.67. The van der Waals surface area contributed by atoms with Gasteiger partial charge in [0.05, 0.1) is 16.8 Å². The second-order valence-corrected chi connectivity index (χ2v) is 16.0. The molecule has 1 spiro atoms. The van der Waals surface area contributed by atoms with Crippen LogP contribution >= 0.6 is 0 Å². The Morgan fingerprint density at radius 2 is 0.758 bits per heavy atom. The van der Waals surface area contributed by atoms with E-state index in [2.05, 4.69) is 212 Å². The lowest BCUT2D eigenvalue weighted by Gasteiger charge is -2.40. The normalized spacial score (nSPS) is 12.8. The molecule has 1 aromatic heterocycles. The maximum atomic E-state index is 7.02. The number of fused-ring (bicyclic) bond motifs is 9. The van der Waals surface area contributed by atoms with Crippen LogP contribution < -0.4 is 4.74 Å². The van der Waals surface area contributed by atoms with Gasteiger partial charge < -0.3 is 4.74 Å². The van der Waals surface area contributed by atoms with E-state index in [0.717, 1.165) is 78.5 Å². The predicted molar refractivity (Wildman–Crippen MR) is 252 cm³/mol. The summed E-state index contributed by atoms with van der Waals surface area (Å²) >= 11 is 0. The Bertz CT molecular complexity index is 3290. The van der Waals surface area contributed by atoms with E-state index in [1.54, 1.807) is 0 Å². The van der Waals surface area contributed by atoms with E-state index < -0.39 is 5.41 Å². The first-order chi connectivity index (χ1) is 30.7. The summed E-state index contributed by atoms with van der Waals surface area (Å²) < 4.78 is 7.02. The minimum absolute atomic E-state index is 0.518. The van der Waals surface area contributed by atoms with Gasteiger partial charge in [-0.15, -0.1) is 0 Å². The minimum atomic E-state index is -0.518. The van der Waals surface area contributed by atoms with Crippen molar-refractivity contribution in [1.82, 2.24) is 9.97 Å². The van der Waals surface area contributed by atoms with E-state index >= 15 is 0 Å². The van der Waals surface area contributed by atoms with E-state index in [1.807, 2.05) is 18.2 Å². The van der Waals surface area contributed by atoms with Crippen molar-refractivity contribution in [3.63, 3.8) is 0 Å². The third-order valence-corrected chi connectivity index (χ3v) is 12.6. The Morgan fingerprint density at radius 1 is 0.290 bits per heavy atom. The summed E-state index contributed by atoms with van der Waals surface area (Å²) in [5.41, 5.74) is 18.3. The van der Waals surface area contributed by atoms with Crippen LogP contribution in [0.4, 0.5) is 0 Å². The molecule has 3 nitrogen and oxygen atoms in total. The van der Waals surface area contributed by atoms with Crippen molar-refractivity contribution in [2.24, 2.45) is 0 Å². The van der Waals surface area contributed by atoms with E-state index in [4.69, 9.17) is 14.7 Å². The summed E-state index contributed by atoms with van der Waals surface area (Å²) in [4.78, 5) is 10.4. The summed E-state index contributed by atoms with van der Waals surface area (Å²) in [6.45, 7) is 0. The van der Waals surface area contributed by atoms with E-state index in [0.29, 0.717) is 5.82 Å². The number of ether oxygens (including phenoxy) is 1. The quantitative estimate of drug-likeness (QED) is 0.168. The van der Waals surface area contributed by atoms with E-state index in [9.17, 15) is 0 Å². The molecule has 1 aliphatic carbocycles. The maximum absolute atomic E-state index is 7.02. The first-order valence-corrected chi connectivity index (χ1v) is 21.1. The van der Waals surface area contributed by atoms with Gasteiger partial charge >= 0.3 is 0 Å². The highest BCUT2D eigenvalue weighted by Gasteiger charge is 2.51. The number of para-hydroxylation sites is 2. The predicted octanol–water partition coefficient (Wildman–Crippen LogP) is 14.9. The number of aromatic nitrogens is 2. The van der Waals surface area contributed by atoms with Crippen LogP contribution in [0.25, 0.3) is 78.4 Å². The summed E-state index contributed by atoms with van der Waals surface area (Å²) in [7, 11) is 0. The topological polar surface area (TPSA) is 35.0 Å². The van der Waals surface area contributed by atoms with Gasteiger partial charge in [0.25, 0.3) is 0 Å². The molecule has 0 saturated heterocycles. The molecule has 62 heavy (non-hydrogen) atoms. The van der Waals surface area contributed by atoms with Crippen molar-refractivity contribution in [2.75, 3.05) is 0 Å². The van der Waals surface area contributed by atoms with Crippen LogP contribution in [-0.2, 0) is 5.41 Å². The molecule has 10 aromatic rings. The highest BCUT2D eigenvalue weighted by Crippen LogP contribution is 2.63. The number of benzene rings is 9. The summed E-state index contributed by atoms with van der Waals surface area (Å²) in [6.07, 6.45) is 0. The molecule has 0 amide bonds. The van der Waals surface area contributed by atoms with Gasteiger partial charge in [0.15, 0.2) is 5.82 Å². The van der Waals surface area contributed by atoms with Crippen LogP contribution in [0.3, 0.4) is 0 Å². The molecular weight excluding hydrogens is 753 g/mol. The van der Waals surface area contributed by atoms with Gasteiger partial charge in [-0.05, 0) is 74.3 Å². The summed E-state index contributed by atoms with van der Waals surface area (Å²) in [5.74, 6) is 2.46. The number of nitrogens with zero attached hydrogens (tertiary/aromatic N) is 2. The van der Waals surface area contributed by atoms with Crippen LogP contribution in [-0.4, -0.2) is 9.97 Å². The van der Waals surface area contributed by atoms with Crippen LogP contribution in [0.1, 0.15) is 22.3 Å². The van der Waals surface area contributed by atoms with Crippen molar-refractivity contribution < 1.29 is 4.74 Å². The van der Waals surface area contributed by atoms with Gasteiger partial charge in [-0.2, -0.15) is 0 Å². The molecule has 2 aliphatic rings. The molecular formula is C59H38N2O. The second-order valence-electron chi connectivity index (χ2n) is 16.0. The molecule has 2 heterocycles. The average molecular weight is 791 g/mol. The molecule has 0 unspecified atom stereocenters. The molecule has 290 valence electrons. The van der Waals surface area contributed by atoms with Gasteiger partial charge in [-0.25, -0.2) is 9.97 Å². The largest absolute Gasteiger partial charge is 0.456 e. The van der Waals surface area contributed by atoms with Crippen molar-refractivity contribution in [2.45, 2.75) is 5.41 Å². The first kappa shape index (κ1) is 35.8. The summed E-state index contributed by atoms with van der Waals surface area (Å²) in [5, 5.41) is 0. The Morgan fingerprint density at radius 3 is 1.47 bits per heavy atom. The monoisotopic (exact) mass is 790 g/mol. The molecule has 0 radical (unpaired) electrons. The average Bonchev–Trinajstić information content (AvgIpc) is 3.65. The van der Waals surface area contributed by atoms with Crippen molar-refractivity contribution in [3.05, 3.63) is 253 Å². The fourth-order valence-electron chi connectivity index (χ4n) is 9.86. The number of hydrogen-bond donors (Lipinski definition) is 0. The zero-order valence-corrected chi connectivity index (χ0v) is 33.7. The molecule has 9 aromatic carbocycles. The lowest BCUT2D eigenvalue weighted by molar-refractivity contribution is 0.438. The van der Waals surface area contributed by atoms with Crippen molar-refractivity contribution in [3.8, 4) is 89.9 Å². The van der Waals surface area contributed by atoms with Gasteiger partial charge in [0.1, 0.15) is 11.5 Å². The lowest BCUT2D eigenvalue weighted by Crippen LogP contribution is -2.32. The zero-order chi connectivity index (χ0) is 41.0. The zero-order valence-electron chi connectivity index (χ0n) is 33.7. The molecule has 0 saturated carbocycles. The third-order valence-electron chi connectivity index (χ3n) is 12.6. The molecule has 12 rings (SSSR count). The van der Waals surface area contributed by atoms with Gasteiger partial charge in [0.2, 0.25) is 0 Å². The van der Waals surface area contributed by atoms with Gasteiger partial charge in [-0.1, -0.05) is 206 Å². The van der Waals surface area contributed by atoms with Crippen LogP contribution in [0.2, 0.25) is 0 Å². The fraction of sp³-hybridized carbons (Fsp3) is 0.0169. The molecule has 0 fully saturated rings. The fourth-order valence-corrected chi connectivity index (χ4v) is 9.86. The molecule has 3 heteroatoms. The number of hydrogen-bond acceptors (Lipinski definition) is 3. The molecule has 0 atom stereocenters. The van der Waals surface area contributed by atoms with Crippen LogP contribution in [0.5, 0.6) is 11.5 Å². The molecule has 0 N–H and O–H groups in total. The van der Waals surface area contributed by atoms with Crippen molar-refractivity contribution in [1.29, 1.82) is 0 Å². The molecule has 1 aliphatic heterocycles. The van der Waals surface area contributed by atoms with Crippen LogP contribution in [0.15, 0.2) is 231 Å². The van der Waals surface area contributed by atoms with Crippen LogP contribution in [0, 0.1) is 0 Å². The first-order valence-electron chi connectivity index (χ1n) is 21.1. The maximum Gasteiger partial charge on any atom is 0.160 e. The van der Waals surface area contributed by atoms with Gasteiger partial charge in [-0.3, -0.25) is 0 Å². The summed E-state index contributed by atoms with van der Waals surface area (Å²) in [6, 6.07) is 81.9. The Kier molecular flexibility index (Phi) is 8.39. The minimum Gasteiger partial charge on any atom is -0.456 e. The molecule has 0 bridgehead atoms. The van der Waals surface area contributed by atoms with Crippen molar-refractivity contribution >= 4 is 0 Å². The second kappa shape index (κ2) is 14.5. The van der Waals surface area contributed by atoms with E-state index in [1.165, 1.54) is 27.8 Å². The Labute approximate surface area is 361 Å². The Hall–Kier alpha value is -8.14. The number of rotatable bonds is 6. The standard InChI is InChI=1S/C59H38N2O/c1-3-18-39(19-4-1)45-26-7-8-29-49(45)55-38-54(60-58(61-55)40-20-5-2-6-21-40)44-25-16-23-42(37-44)41-22-15-24-43(36-41)46-30-17-34-53-57(46)62-56-35-14-13-33-52(56)59(53)50-31-11-9-27-47(50)48-28-10-12-32-51(48)59/h1-38H. The lowest BCUT2D eigenvalue weighted by atomic mass is 9.65. The van der Waals surface area contributed by atoms with Gasteiger partial charge in [0, 0.05) is 33.4 Å². The van der Waals surface area contributed by atoms with E-state index in [-0.39, 0.29) is 0 Å². The SMILES string of the molecule is c1ccc(-c2nc(-c3cccc(-c4cccc(-c5cccc6c5Oc5ccccc5C65c6ccccc6-c6ccccc65)c4)c3)cc(-c3ccccc3-c3ccccc3)n2)cc1. The highest BCUT2D eigenvalue weighted by atomic mass is 16.5. The highest BCUT2D eigenvalue weighted by molar-refractivity contribution is 5.91. The smallest absolute Gasteiger partial charge is 0.160 e.